The summed E-state index contributed by atoms with van der Waals surface area (Å²) >= 11 is 4.53. The molecule has 0 aliphatic heterocycles. The molecule has 0 amide bonds. The van der Waals surface area contributed by atoms with Crippen LogP contribution >= 0.6 is 21.4 Å². The van der Waals surface area contributed by atoms with E-state index in [1.54, 1.807) is 0 Å². The van der Waals surface area contributed by atoms with Crippen molar-refractivity contribution in [1.29, 1.82) is 5.46 Å². The van der Waals surface area contributed by atoms with Crippen LogP contribution in [0.4, 0.5) is 0 Å². The van der Waals surface area contributed by atoms with Crippen LogP contribution in [0.5, 0.6) is 0 Å². The molecule has 0 bridgehead atoms. The van der Waals surface area contributed by atoms with Crippen LogP contribution in [-0.2, 0) is 22.0 Å². The Balaban J connectivity index is 0.000000368. The minimum atomic E-state index is -0.877. The van der Waals surface area contributed by atoms with Crippen molar-refractivity contribution in [2.24, 2.45) is 0 Å². The predicted octanol–water partition coefficient (Wildman–Crippen LogP) is 5.32. The Kier molecular flexibility index (Phi) is 14.1. The Morgan fingerprint density at radius 3 is 1.07 bits per heavy atom. The van der Waals surface area contributed by atoms with Crippen molar-refractivity contribution in [2.45, 2.75) is 0 Å². The third-order valence-corrected chi connectivity index (χ3v) is 6.47. The smallest absolute Gasteiger partial charge is 0.102 e. The van der Waals surface area contributed by atoms with Gasteiger partial charge < -0.3 is 0 Å². The van der Waals surface area contributed by atoms with Gasteiger partial charge in [0.15, 0.2) is 0 Å². The summed E-state index contributed by atoms with van der Waals surface area (Å²) in [5.41, 5.74) is 5.75. The molecule has 2 nitrogen and oxygen atoms in total. The molecule has 5 heteroatoms. The van der Waals surface area contributed by atoms with Crippen molar-refractivity contribution in [2.75, 3.05) is 0 Å². The maximum Gasteiger partial charge on any atom is 0.102 e. The van der Waals surface area contributed by atoms with Crippen LogP contribution in [0, 0.1) is 5.46 Å². The molecular weight excluding hydrogens is 603 g/mol. The first kappa shape index (κ1) is 24.3. The van der Waals surface area contributed by atoms with E-state index in [1.807, 2.05) is 30.3 Å². The van der Waals surface area contributed by atoms with E-state index in [1.165, 1.54) is 33.1 Å². The zero-order valence-corrected chi connectivity index (χ0v) is 20.5. The fourth-order valence-electron chi connectivity index (χ4n) is 2.64. The molecule has 0 aliphatic rings. The summed E-state index contributed by atoms with van der Waals surface area (Å²) in [6.45, 7) is 0. The molecule has 0 saturated carbocycles. The third-order valence-electron chi connectivity index (χ3n) is 3.74. The minimum Gasteiger partial charge on any atom is -0.214 e. The summed E-state index contributed by atoms with van der Waals surface area (Å²) in [5.74, 6) is 0. The summed E-state index contributed by atoms with van der Waals surface area (Å²) < 4.78 is 7.25. The van der Waals surface area contributed by atoms with E-state index in [4.69, 9.17) is 10.2 Å². The normalized spacial score (nSPS) is 8.89. The Labute approximate surface area is 185 Å². The number of hydrogen-bond acceptors (Lipinski definition) is 1. The van der Waals surface area contributed by atoms with E-state index in [0.29, 0.717) is 0 Å². The van der Waals surface area contributed by atoms with Gasteiger partial charge in [0.05, 0.1) is 7.92 Å². The van der Waals surface area contributed by atoms with Crippen molar-refractivity contribution in [1.82, 2.24) is 0 Å². The largest absolute Gasteiger partial charge is 0.214 e. The predicted molar refractivity (Wildman–Crippen MR) is 120 cm³/mol. The van der Waals surface area contributed by atoms with Crippen LogP contribution in [0.15, 0.2) is 121 Å². The Morgan fingerprint density at radius 2 is 0.857 bits per heavy atom. The summed E-state index contributed by atoms with van der Waals surface area (Å²) in [5, 5.41) is 4.31. The number of nitrogens with zero attached hydrogens (tertiary/aromatic N) is 1. The van der Waals surface area contributed by atoms with Gasteiger partial charge in [0, 0.05) is 0 Å². The maximum absolute atomic E-state index is 7.25. The molecule has 142 valence electrons. The SMILES string of the molecule is N#[O+].[Br][Re].c1cc[cH-]c1.c1ccc([PH+](c2ccccc2)c2ccccc2)cc1. The molecule has 0 heterocycles. The van der Waals surface area contributed by atoms with Crippen molar-refractivity contribution >= 4 is 37.3 Å². The molecule has 0 aromatic heterocycles. The third kappa shape index (κ3) is 8.51. The Hall–Kier alpha value is -1.75. The summed E-state index contributed by atoms with van der Waals surface area (Å²) in [4.78, 5) is 0. The first-order valence-electron chi connectivity index (χ1n) is 8.47. The van der Waals surface area contributed by atoms with Gasteiger partial charge in [-0.25, -0.2) is 12.1 Å². The van der Waals surface area contributed by atoms with Crippen LogP contribution in [0.25, 0.3) is 0 Å². The molecule has 0 saturated heterocycles. The summed E-state index contributed by atoms with van der Waals surface area (Å²) in [7, 11) is -0.877. The first-order valence-corrected chi connectivity index (χ1v) is 15.9. The van der Waals surface area contributed by atoms with Crippen LogP contribution in [0.2, 0.25) is 0 Å². The fraction of sp³-hybridized carbons (Fsp3) is 0. The molecular formula is C23H21BrNOPRe+. The standard InChI is InChI=1S/C18H15P.C5H5.BrH.NO.Re/c1-4-10-16(11-5-1)19(17-12-6-2-7-13-17)18-14-8-3-9-15-18;1-2-4-5-3-1;;1-2;/h1-15H;1-5H;1H;;/q;-1;;2*+1. The molecule has 0 radical (unpaired) electrons. The Morgan fingerprint density at radius 1 is 0.571 bits per heavy atom. The topological polar surface area (TPSA) is 43.7 Å². The van der Waals surface area contributed by atoms with Gasteiger partial charge in [0.2, 0.25) is 0 Å². The van der Waals surface area contributed by atoms with Crippen molar-refractivity contribution in [3.63, 3.8) is 0 Å². The van der Waals surface area contributed by atoms with Crippen molar-refractivity contribution in [3.05, 3.63) is 121 Å². The van der Waals surface area contributed by atoms with Gasteiger partial charge in [0.1, 0.15) is 15.9 Å². The minimum absolute atomic E-state index is 0.877. The van der Waals surface area contributed by atoms with Crippen LogP contribution in [0.1, 0.15) is 0 Å². The quantitative estimate of drug-likeness (QED) is 0.173. The van der Waals surface area contributed by atoms with Gasteiger partial charge in [0.25, 0.3) is 0 Å². The average molecular weight is 625 g/mol. The van der Waals surface area contributed by atoms with Crippen LogP contribution < -0.4 is 15.9 Å². The summed E-state index contributed by atoms with van der Waals surface area (Å²) in [6, 6.07) is 42.5. The first-order chi connectivity index (χ1) is 13.9. The molecule has 28 heavy (non-hydrogen) atoms. The molecule has 0 atom stereocenters. The van der Waals surface area contributed by atoms with Crippen LogP contribution in [-0.4, -0.2) is 0 Å². The molecule has 0 unspecified atom stereocenters. The molecule has 4 rings (SSSR count). The average Bonchev–Trinajstić information content (AvgIpc) is 3.39. The fourth-order valence-corrected chi connectivity index (χ4v) is 5.21. The number of benzene rings is 3. The van der Waals surface area contributed by atoms with Crippen molar-refractivity contribution in [3.8, 4) is 0 Å². The molecule has 4 aromatic carbocycles. The zero-order chi connectivity index (χ0) is 20.5. The van der Waals surface area contributed by atoms with Gasteiger partial charge >= 0.3 is 40.8 Å². The monoisotopic (exact) mass is 624 g/mol. The maximum atomic E-state index is 7.25. The van der Waals surface area contributed by atoms with Gasteiger partial charge in [-0.1, -0.05) is 54.6 Å². The number of halogens is 1. The van der Waals surface area contributed by atoms with Crippen molar-refractivity contribution < 1.29 is 22.0 Å². The molecule has 0 aliphatic carbocycles. The molecule has 0 N–H and O–H groups in total. The van der Waals surface area contributed by atoms with E-state index in [0.717, 1.165) is 0 Å². The second-order valence-electron chi connectivity index (χ2n) is 5.44. The van der Waals surface area contributed by atoms with Crippen LogP contribution in [0.3, 0.4) is 0 Å². The second kappa shape index (κ2) is 16.2. The number of rotatable bonds is 3. The van der Waals surface area contributed by atoms with E-state index in [-0.39, 0.29) is 0 Å². The molecule has 0 fully saturated rings. The molecule has 4 aromatic rings. The van der Waals surface area contributed by atoms with Gasteiger partial charge in [-0.2, -0.15) is 18.2 Å². The summed E-state index contributed by atoms with van der Waals surface area (Å²) in [6.07, 6.45) is 0. The van der Waals surface area contributed by atoms with Gasteiger partial charge in [-0.3, -0.25) is 0 Å². The van der Waals surface area contributed by atoms with E-state index >= 15 is 0 Å². The van der Waals surface area contributed by atoms with E-state index < -0.39 is 7.92 Å². The number of hydrogen-bond donors (Lipinski definition) is 0. The van der Waals surface area contributed by atoms with E-state index in [2.05, 4.69) is 104 Å². The zero-order valence-electron chi connectivity index (χ0n) is 15.2. The Bertz CT molecular complexity index is 745. The second-order valence-corrected chi connectivity index (χ2v) is 7.92. The van der Waals surface area contributed by atoms with E-state index in [9.17, 15) is 0 Å². The molecule has 0 spiro atoms. The van der Waals surface area contributed by atoms with Gasteiger partial charge in [-0.15, -0.1) is 0 Å². The van der Waals surface area contributed by atoms with Gasteiger partial charge in [-0.05, 0) is 36.4 Å².